The first kappa shape index (κ1) is 11.1. The molecule has 0 aliphatic rings. The molecule has 2 rings (SSSR count). The molecule has 0 bridgehead atoms. The number of nitrogens with two attached hydrogens (primary N) is 1. The van der Waals surface area contributed by atoms with E-state index >= 15 is 0 Å². The van der Waals surface area contributed by atoms with E-state index in [1.54, 1.807) is 6.92 Å². The highest BCUT2D eigenvalue weighted by Crippen LogP contribution is 2.22. The molecule has 17 heavy (non-hydrogen) atoms. The highest BCUT2D eigenvalue weighted by molar-refractivity contribution is 5.56. The van der Waals surface area contributed by atoms with E-state index < -0.39 is 11.6 Å². The maximum atomic E-state index is 13.5. The van der Waals surface area contributed by atoms with Crippen LogP contribution >= 0.6 is 0 Å². The van der Waals surface area contributed by atoms with E-state index in [9.17, 15) is 8.78 Å². The number of anilines is 1. The maximum absolute atomic E-state index is 13.5. The van der Waals surface area contributed by atoms with Crippen LogP contribution in [0.4, 0.5) is 14.6 Å². The van der Waals surface area contributed by atoms with Gasteiger partial charge in [0, 0.05) is 6.07 Å². The van der Waals surface area contributed by atoms with Crippen molar-refractivity contribution in [3.05, 3.63) is 41.1 Å². The number of nitrogen functional groups attached to an aromatic ring is 1. The van der Waals surface area contributed by atoms with Gasteiger partial charge in [0.25, 0.3) is 0 Å². The average molecular weight is 234 g/mol. The van der Waals surface area contributed by atoms with Crippen LogP contribution in [0.25, 0.3) is 5.69 Å². The van der Waals surface area contributed by atoms with Gasteiger partial charge in [-0.25, -0.2) is 13.5 Å². The van der Waals surface area contributed by atoms with Crippen molar-refractivity contribution in [2.75, 3.05) is 5.73 Å². The van der Waals surface area contributed by atoms with Crippen molar-refractivity contribution < 1.29 is 8.78 Å². The fourth-order valence-corrected chi connectivity index (χ4v) is 1.52. The lowest BCUT2D eigenvalue weighted by atomic mass is 10.2. The maximum Gasteiger partial charge on any atom is 0.149 e. The number of aromatic nitrogens is 2. The molecule has 0 aliphatic heterocycles. The highest BCUT2D eigenvalue weighted by Gasteiger charge is 2.16. The van der Waals surface area contributed by atoms with Crippen molar-refractivity contribution >= 4 is 5.82 Å². The van der Waals surface area contributed by atoms with Crippen molar-refractivity contribution in [3.63, 3.8) is 0 Å². The summed E-state index contributed by atoms with van der Waals surface area (Å²) in [5, 5.41) is 12.7. The summed E-state index contributed by atoms with van der Waals surface area (Å²) >= 11 is 0. The lowest BCUT2D eigenvalue weighted by Gasteiger charge is -2.05. The monoisotopic (exact) mass is 234 g/mol. The summed E-state index contributed by atoms with van der Waals surface area (Å²) in [6, 6.07) is 4.81. The molecule has 1 heterocycles. The largest absolute Gasteiger partial charge is 0.382 e. The Morgan fingerprint density at radius 1 is 1.41 bits per heavy atom. The first-order valence-corrected chi connectivity index (χ1v) is 4.75. The summed E-state index contributed by atoms with van der Waals surface area (Å²) in [5.41, 5.74) is 6.07. The molecule has 0 fully saturated rings. The van der Waals surface area contributed by atoms with Crippen molar-refractivity contribution in [1.82, 2.24) is 9.78 Å². The Bertz CT molecular complexity index is 625. The van der Waals surface area contributed by atoms with Crippen LogP contribution < -0.4 is 5.73 Å². The van der Waals surface area contributed by atoms with Gasteiger partial charge in [-0.2, -0.15) is 10.4 Å². The fourth-order valence-electron chi connectivity index (χ4n) is 1.52. The molecule has 0 saturated carbocycles. The van der Waals surface area contributed by atoms with Gasteiger partial charge >= 0.3 is 0 Å². The Hall–Kier alpha value is -2.42. The number of hydrogen-bond acceptors (Lipinski definition) is 3. The Labute approximate surface area is 95.9 Å². The highest BCUT2D eigenvalue weighted by atomic mass is 19.1. The van der Waals surface area contributed by atoms with Crippen molar-refractivity contribution in [1.29, 1.82) is 5.26 Å². The summed E-state index contributed by atoms with van der Waals surface area (Å²) < 4.78 is 27.6. The Morgan fingerprint density at radius 2 is 2.12 bits per heavy atom. The Morgan fingerprint density at radius 3 is 2.71 bits per heavy atom. The van der Waals surface area contributed by atoms with E-state index in [2.05, 4.69) is 5.10 Å². The van der Waals surface area contributed by atoms with E-state index in [4.69, 9.17) is 11.0 Å². The zero-order valence-electron chi connectivity index (χ0n) is 8.91. The molecule has 0 unspecified atom stereocenters. The number of hydrogen-bond donors (Lipinski definition) is 1. The van der Waals surface area contributed by atoms with Crippen LogP contribution in [0, 0.1) is 29.9 Å². The van der Waals surface area contributed by atoms with Crippen LogP contribution in [0.2, 0.25) is 0 Å². The predicted molar refractivity (Wildman–Crippen MR) is 57.3 cm³/mol. The van der Waals surface area contributed by atoms with Crippen molar-refractivity contribution in [2.24, 2.45) is 0 Å². The Balaban J connectivity index is 2.70. The topological polar surface area (TPSA) is 67.6 Å². The molecule has 6 heteroatoms. The molecule has 0 saturated heterocycles. The summed E-state index contributed by atoms with van der Waals surface area (Å²) in [5.74, 6) is -1.27. The molecule has 1 aromatic carbocycles. The smallest absolute Gasteiger partial charge is 0.149 e. The zero-order chi connectivity index (χ0) is 12.6. The van der Waals surface area contributed by atoms with Crippen LogP contribution in [0.15, 0.2) is 18.2 Å². The number of rotatable bonds is 1. The molecule has 4 nitrogen and oxygen atoms in total. The van der Waals surface area contributed by atoms with Gasteiger partial charge in [0.2, 0.25) is 0 Å². The second-order valence-electron chi connectivity index (χ2n) is 3.46. The number of benzene rings is 1. The van der Waals surface area contributed by atoms with Crippen LogP contribution in [-0.2, 0) is 0 Å². The standard InChI is InChI=1S/C11H8F2N4/c1-6-8(5-14)11(15)17(16-6)10-4-7(12)2-3-9(10)13/h2-4H,15H2,1H3. The summed E-state index contributed by atoms with van der Waals surface area (Å²) in [6.07, 6.45) is 0. The SMILES string of the molecule is Cc1nn(-c2cc(F)ccc2F)c(N)c1C#N. The van der Waals surface area contributed by atoms with Gasteiger partial charge < -0.3 is 5.73 Å². The summed E-state index contributed by atoms with van der Waals surface area (Å²) in [6.45, 7) is 1.57. The molecule has 0 atom stereocenters. The van der Waals surface area contributed by atoms with Crippen LogP contribution in [0.5, 0.6) is 0 Å². The quantitative estimate of drug-likeness (QED) is 0.819. The van der Waals surface area contributed by atoms with Crippen LogP contribution in [0.3, 0.4) is 0 Å². The minimum Gasteiger partial charge on any atom is -0.382 e. The molecule has 0 aliphatic carbocycles. The molecular formula is C11H8F2N4. The van der Waals surface area contributed by atoms with E-state index in [0.717, 1.165) is 22.9 Å². The second-order valence-corrected chi connectivity index (χ2v) is 3.46. The lowest BCUT2D eigenvalue weighted by Crippen LogP contribution is -2.05. The normalized spacial score (nSPS) is 10.2. The van der Waals surface area contributed by atoms with Gasteiger partial charge in [-0.1, -0.05) is 0 Å². The van der Waals surface area contributed by atoms with Gasteiger partial charge in [0.1, 0.15) is 34.8 Å². The van der Waals surface area contributed by atoms with Gasteiger partial charge in [-0.15, -0.1) is 0 Å². The summed E-state index contributed by atoms with van der Waals surface area (Å²) in [7, 11) is 0. The predicted octanol–water partition coefficient (Wildman–Crippen LogP) is 1.91. The van der Waals surface area contributed by atoms with Crippen LogP contribution in [0.1, 0.15) is 11.3 Å². The van der Waals surface area contributed by atoms with Gasteiger partial charge in [-0.3, -0.25) is 0 Å². The van der Waals surface area contributed by atoms with Crippen LogP contribution in [-0.4, -0.2) is 9.78 Å². The average Bonchev–Trinajstić information content (AvgIpc) is 2.57. The Kier molecular flexibility index (Phi) is 2.52. The molecule has 2 aromatic rings. The first-order valence-electron chi connectivity index (χ1n) is 4.75. The minimum atomic E-state index is -0.662. The minimum absolute atomic E-state index is 0.00509. The number of nitriles is 1. The molecule has 2 N–H and O–H groups in total. The fraction of sp³-hybridized carbons (Fsp3) is 0.0909. The first-order chi connectivity index (χ1) is 8.04. The van der Waals surface area contributed by atoms with E-state index in [1.807, 2.05) is 6.07 Å². The third-order valence-corrected chi connectivity index (χ3v) is 2.34. The third kappa shape index (κ3) is 1.72. The van der Waals surface area contributed by atoms with E-state index in [0.29, 0.717) is 5.69 Å². The molecule has 1 aromatic heterocycles. The number of halogens is 2. The third-order valence-electron chi connectivity index (χ3n) is 2.34. The number of aryl methyl sites for hydroxylation is 1. The zero-order valence-corrected chi connectivity index (χ0v) is 8.91. The van der Waals surface area contributed by atoms with Gasteiger partial charge in [-0.05, 0) is 19.1 Å². The molecule has 0 spiro atoms. The summed E-state index contributed by atoms with van der Waals surface area (Å²) in [4.78, 5) is 0. The molecule has 0 amide bonds. The molecular weight excluding hydrogens is 226 g/mol. The van der Waals surface area contributed by atoms with Crippen molar-refractivity contribution in [3.8, 4) is 11.8 Å². The van der Waals surface area contributed by atoms with Gasteiger partial charge in [0.15, 0.2) is 0 Å². The lowest BCUT2D eigenvalue weighted by molar-refractivity contribution is 0.587. The van der Waals surface area contributed by atoms with E-state index in [-0.39, 0.29) is 17.1 Å². The van der Waals surface area contributed by atoms with Crippen molar-refractivity contribution in [2.45, 2.75) is 6.92 Å². The van der Waals surface area contributed by atoms with E-state index in [1.165, 1.54) is 0 Å². The van der Waals surface area contributed by atoms with Gasteiger partial charge in [0.05, 0.1) is 5.69 Å². The molecule has 0 radical (unpaired) electrons. The number of nitrogens with zero attached hydrogens (tertiary/aromatic N) is 3. The molecule has 86 valence electrons. The second kappa shape index (κ2) is 3.87.